The minimum atomic E-state index is -0.522. The van der Waals surface area contributed by atoms with Gasteiger partial charge < -0.3 is 15.4 Å². The Morgan fingerprint density at radius 3 is 2.95 bits per heavy atom. The van der Waals surface area contributed by atoms with Gasteiger partial charge in [-0.05, 0) is 30.9 Å². The number of benzene rings is 1. The number of hydrogen-bond donors (Lipinski definition) is 3. The lowest BCUT2D eigenvalue weighted by molar-refractivity contribution is 0.0842. The summed E-state index contributed by atoms with van der Waals surface area (Å²) >= 11 is 0. The smallest absolute Gasteiger partial charge is 0.253 e. The molecule has 0 aliphatic heterocycles. The number of carbonyl (C=O) groups excluding carboxylic acids is 1. The Morgan fingerprint density at radius 1 is 1.43 bits per heavy atom. The molecule has 1 aromatic carbocycles. The lowest BCUT2D eigenvalue weighted by Gasteiger charge is -2.17. The summed E-state index contributed by atoms with van der Waals surface area (Å²) in [7, 11) is 0. The molecule has 5 heteroatoms. The number of H-pyrrole nitrogens is 1. The Labute approximate surface area is 122 Å². The molecule has 1 aromatic heterocycles. The molecule has 0 radical (unpaired) electrons. The maximum absolute atomic E-state index is 13.8. The standard InChI is InChI=1S/C16H19FN2O2/c17-12-6-3-7-13-15(12)11(8-18-13)16(21)19-9-14(20)10-4-1-2-5-10/h3,6-8,10,14,18,20H,1-2,4-5,9H2,(H,19,21). The summed E-state index contributed by atoms with van der Waals surface area (Å²) in [6.45, 7) is 0.213. The predicted octanol–water partition coefficient (Wildman–Crippen LogP) is 2.59. The van der Waals surface area contributed by atoms with Crippen molar-refractivity contribution in [3.8, 4) is 0 Å². The van der Waals surface area contributed by atoms with E-state index in [0.717, 1.165) is 25.7 Å². The summed E-state index contributed by atoms with van der Waals surface area (Å²) in [6, 6.07) is 4.66. The molecule has 0 saturated heterocycles. The van der Waals surface area contributed by atoms with Crippen molar-refractivity contribution < 1.29 is 14.3 Å². The molecule has 2 aromatic rings. The Hall–Kier alpha value is -1.88. The maximum atomic E-state index is 13.8. The van der Waals surface area contributed by atoms with Gasteiger partial charge in [-0.1, -0.05) is 18.9 Å². The number of aromatic nitrogens is 1. The number of nitrogens with one attached hydrogen (secondary N) is 2. The van der Waals surface area contributed by atoms with E-state index in [0.29, 0.717) is 10.9 Å². The molecular formula is C16H19FN2O2. The van der Waals surface area contributed by atoms with E-state index in [2.05, 4.69) is 10.3 Å². The van der Waals surface area contributed by atoms with E-state index in [9.17, 15) is 14.3 Å². The Kier molecular flexibility index (Phi) is 3.92. The monoisotopic (exact) mass is 290 g/mol. The number of hydrogen-bond acceptors (Lipinski definition) is 2. The Morgan fingerprint density at radius 2 is 2.19 bits per heavy atom. The molecule has 1 fully saturated rings. The van der Waals surface area contributed by atoms with Crippen molar-refractivity contribution in [2.45, 2.75) is 31.8 Å². The van der Waals surface area contributed by atoms with Crippen molar-refractivity contribution in [2.24, 2.45) is 5.92 Å². The number of fused-ring (bicyclic) bond motifs is 1. The van der Waals surface area contributed by atoms with Crippen LogP contribution < -0.4 is 5.32 Å². The second-order valence-corrected chi connectivity index (χ2v) is 5.69. The van der Waals surface area contributed by atoms with Crippen molar-refractivity contribution in [1.29, 1.82) is 0 Å². The fourth-order valence-corrected chi connectivity index (χ4v) is 3.12. The van der Waals surface area contributed by atoms with E-state index in [4.69, 9.17) is 0 Å². The first-order valence-electron chi connectivity index (χ1n) is 7.38. The molecule has 1 unspecified atom stereocenters. The number of aliphatic hydroxyl groups excluding tert-OH is 1. The molecule has 1 saturated carbocycles. The maximum Gasteiger partial charge on any atom is 0.253 e. The second-order valence-electron chi connectivity index (χ2n) is 5.69. The van der Waals surface area contributed by atoms with Crippen LogP contribution >= 0.6 is 0 Å². The van der Waals surface area contributed by atoms with Crippen LogP contribution in [0.2, 0.25) is 0 Å². The van der Waals surface area contributed by atoms with Gasteiger partial charge in [-0.25, -0.2) is 4.39 Å². The SMILES string of the molecule is O=C(NCC(O)C1CCCC1)c1c[nH]c2cccc(F)c12. The van der Waals surface area contributed by atoms with Crippen LogP contribution in [0, 0.1) is 11.7 Å². The molecular weight excluding hydrogens is 271 g/mol. The molecule has 1 atom stereocenters. The first kappa shape index (κ1) is 14.1. The molecule has 1 heterocycles. The van der Waals surface area contributed by atoms with Crippen molar-refractivity contribution in [3.63, 3.8) is 0 Å². The van der Waals surface area contributed by atoms with E-state index in [1.54, 1.807) is 12.1 Å². The molecule has 3 N–H and O–H groups in total. The largest absolute Gasteiger partial charge is 0.391 e. The highest BCUT2D eigenvalue weighted by Gasteiger charge is 2.24. The average molecular weight is 290 g/mol. The van der Waals surface area contributed by atoms with Crippen LogP contribution in [0.5, 0.6) is 0 Å². The van der Waals surface area contributed by atoms with Crippen LogP contribution in [0.3, 0.4) is 0 Å². The molecule has 0 bridgehead atoms. The Balaban J connectivity index is 1.69. The third kappa shape index (κ3) is 2.78. The highest BCUT2D eigenvalue weighted by Crippen LogP contribution is 2.27. The van der Waals surface area contributed by atoms with E-state index in [1.165, 1.54) is 12.3 Å². The Bertz CT molecular complexity index is 647. The molecule has 1 aliphatic carbocycles. The van der Waals surface area contributed by atoms with Gasteiger partial charge in [0.05, 0.1) is 11.7 Å². The lowest BCUT2D eigenvalue weighted by Crippen LogP contribution is -2.35. The fourth-order valence-electron chi connectivity index (χ4n) is 3.12. The minimum Gasteiger partial charge on any atom is -0.391 e. The van der Waals surface area contributed by atoms with E-state index < -0.39 is 11.9 Å². The lowest BCUT2D eigenvalue weighted by atomic mass is 10.0. The number of amides is 1. The number of carbonyl (C=O) groups is 1. The zero-order valence-corrected chi connectivity index (χ0v) is 11.7. The number of rotatable bonds is 4. The van der Waals surface area contributed by atoms with Crippen molar-refractivity contribution in [1.82, 2.24) is 10.3 Å². The van der Waals surface area contributed by atoms with E-state index >= 15 is 0 Å². The normalized spacial score (nSPS) is 17.2. The minimum absolute atomic E-state index is 0.213. The summed E-state index contributed by atoms with van der Waals surface area (Å²) in [4.78, 5) is 15.1. The van der Waals surface area contributed by atoms with Gasteiger partial charge in [-0.15, -0.1) is 0 Å². The van der Waals surface area contributed by atoms with Crippen LogP contribution in [0.1, 0.15) is 36.0 Å². The highest BCUT2D eigenvalue weighted by molar-refractivity contribution is 6.06. The summed E-state index contributed by atoms with van der Waals surface area (Å²) in [5.74, 6) is -0.511. The van der Waals surface area contributed by atoms with Crippen molar-refractivity contribution in [2.75, 3.05) is 6.54 Å². The van der Waals surface area contributed by atoms with Crippen LogP contribution in [-0.2, 0) is 0 Å². The van der Waals surface area contributed by atoms with Gasteiger partial charge in [0.2, 0.25) is 0 Å². The first-order chi connectivity index (χ1) is 10.2. The number of aliphatic hydroxyl groups is 1. The number of halogens is 1. The molecule has 112 valence electrons. The third-order valence-corrected chi connectivity index (χ3v) is 4.32. The van der Waals surface area contributed by atoms with Crippen LogP contribution in [0.25, 0.3) is 10.9 Å². The highest BCUT2D eigenvalue weighted by atomic mass is 19.1. The average Bonchev–Trinajstić information content (AvgIpc) is 3.14. The van der Waals surface area contributed by atoms with Crippen molar-refractivity contribution in [3.05, 3.63) is 35.8 Å². The van der Waals surface area contributed by atoms with Gasteiger partial charge in [-0.3, -0.25) is 4.79 Å². The molecule has 0 spiro atoms. The van der Waals surface area contributed by atoms with Gasteiger partial charge in [0.15, 0.2) is 0 Å². The van der Waals surface area contributed by atoms with Gasteiger partial charge >= 0.3 is 0 Å². The summed E-state index contributed by atoms with van der Waals surface area (Å²) < 4.78 is 13.8. The topological polar surface area (TPSA) is 65.1 Å². The summed E-state index contributed by atoms with van der Waals surface area (Å²) in [5, 5.41) is 13.1. The third-order valence-electron chi connectivity index (χ3n) is 4.32. The molecule has 3 rings (SSSR count). The van der Waals surface area contributed by atoms with Gasteiger partial charge in [0, 0.05) is 23.6 Å². The molecule has 1 amide bonds. The summed E-state index contributed by atoms with van der Waals surface area (Å²) in [6.07, 6.45) is 5.29. The van der Waals surface area contributed by atoms with Gasteiger partial charge in [-0.2, -0.15) is 0 Å². The quantitative estimate of drug-likeness (QED) is 0.810. The summed E-state index contributed by atoms with van der Waals surface area (Å²) in [5.41, 5.74) is 0.873. The first-order valence-corrected chi connectivity index (χ1v) is 7.38. The fraction of sp³-hybridized carbons (Fsp3) is 0.438. The van der Waals surface area contributed by atoms with E-state index in [-0.39, 0.29) is 23.9 Å². The van der Waals surface area contributed by atoms with Gasteiger partial charge in [0.1, 0.15) is 5.82 Å². The van der Waals surface area contributed by atoms with Gasteiger partial charge in [0.25, 0.3) is 5.91 Å². The number of aromatic amines is 1. The predicted molar refractivity (Wildman–Crippen MR) is 78.6 cm³/mol. The molecule has 1 aliphatic rings. The van der Waals surface area contributed by atoms with Crippen LogP contribution in [0.15, 0.2) is 24.4 Å². The second kappa shape index (κ2) is 5.85. The van der Waals surface area contributed by atoms with Crippen molar-refractivity contribution >= 4 is 16.8 Å². The zero-order chi connectivity index (χ0) is 14.8. The van der Waals surface area contributed by atoms with Crippen LogP contribution in [-0.4, -0.2) is 28.6 Å². The molecule has 4 nitrogen and oxygen atoms in total. The van der Waals surface area contributed by atoms with Crippen LogP contribution in [0.4, 0.5) is 4.39 Å². The zero-order valence-electron chi connectivity index (χ0n) is 11.7. The molecule has 21 heavy (non-hydrogen) atoms. The van der Waals surface area contributed by atoms with E-state index in [1.807, 2.05) is 0 Å².